The van der Waals surface area contributed by atoms with Crippen molar-refractivity contribution in [2.75, 3.05) is 19.0 Å². The lowest BCUT2D eigenvalue weighted by Crippen LogP contribution is -2.09. The van der Waals surface area contributed by atoms with E-state index in [1.807, 2.05) is 50.5 Å². The van der Waals surface area contributed by atoms with Gasteiger partial charge in [0.15, 0.2) is 0 Å². The van der Waals surface area contributed by atoms with E-state index >= 15 is 0 Å². The van der Waals surface area contributed by atoms with Crippen LogP contribution in [0.4, 0.5) is 5.69 Å². The molecule has 0 aliphatic carbocycles. The number of anilines is 1. The van der Waals surface area contributed by atoms with Gasteiger partial charge >= 0.3 is 0 Å². The molecular weight excluding hydrogens is 290 g/mol. The second-order valence-corrected chi connectivity index (χ2v) is 5.14. The minimum Gasteiger partial charge on any atom is -0.489 e. The highest BCUT2D eigenvalue weighted by molar-refractivity contribution is 9.10. The summed E-state index contributed by atoms with van der Waals surface area (Å²) in [5.74, 6) is 0.880. The fourth-order valence-corrected chi connectivity index (χ4v) is 2.27. The van der Waals surface area contributed by atoms with Crippen LogP contribution in [0.1, 0.15) is 5.56 Å². The molecule has 0 unspecified atom stereocenters. The molecular formula is C15H16BrNO. The zero-order valence-electron chi connectivity index (χ0n) is 10.6. The summed E-state index contributed by atoms with van der Waals surface area (Å²) in [6.45, 7) is 0.593. The van der Waals surface area contributed by atoms with Crippen molar-refractivity contribution in [3.8, 4) is 5.75 Å². The molecule has 3 heteroatoms. The van der Waals surface area contributed by atoms with Crippen molar-refractivity contribution in [2.24, 2.45) is 0 Å². The molecule has 2 rings (SSSR count). The van der Waals surface area contributed by atoms with Crippen LogP contribution in [0.5, 0.6) is 5.75 Å². The van der Waals surface area contributed by atoms with Crippen molar-refractivity contribution in [1.29, 1.82) is 0 Å². The Morgan fingerprint density at radius 2 is 1.78 bits per heavy atom. The average molecular weight is 306 g/mol. The van der Waals surface area contributed by atoms with Crippen LogP contribution in [0.2, 0.25) is 0 Å². The van der Waals surface area contributed by atoms with E-state index in [9.17, 15) is 0 Å². The van der Waals surface area contributed by atoms with Crippen LogP contribution in [-0.4, -0.2) is 14.1 Å². The maximum atomic E-state index is 5.79. The number of rotatable bonds is 4. The zero-order chi connectivity index (χ0) is 13.0. The molecule has 0 radical (unpaired) electrons. The second kappa shape index (κ2) is 5.91. The molecule has 0 saturated carbocycles. The third-order valence-corrected chi connectivity index (χ3v) is 3.32. The molecule has 2 aromatic carbocycles. The molecule has 2 nitrogen and oxygen atoms in total. The minimum atomic E-state index is 0.593. The lowest BCUT2D eigenvalue weighted by Gasteiger charge is -2.16. The fourth-order valence-electron chi connectivity index (χ4n) is 1.67. The molecule has 0 amide bonds. The maximum absolute atomic E-state index is 5.79. The van der Waals surface area contributed by atoms with E-state index in [1.165, 1.54) is 5.56 Å². The molecule has 0 saturated heterocycles. The molecule has 0 aliphatic rings. The highest BCUT2D eigenvalue weighted by atomic mass is 79.9. The summed E-state index contributed by atoms with van der Waals surface area (Å²) in [6.07, 6.45) is 0. The van der Waals surface area contributed by atoms with Gasteiger partial charge in [0.1, 0.15) is 12.4 Å². The summed E-state index contributed by atoms with van der Waals surface area (Å²) in [6, 6.07) is 16.2. The Morgan fingerprint density at radius 3 is 2.44 bits per heavy atom. The molecule has 0 heterocycles. The summed E-state index contributed by atoms with van der Waals surface area (Å²) in [4.78, 5) is 2.06. The first-order valence-electron chi connectivity index (χ1n) is 5.80. The largest absolute Gasteiger partial charge is 0.489 e. The third-order valence-electron chi connectivity index (χ3n) is 2.65. The van der Waals surface area contributed by atoms with Crippen molar-refractivity contribution < 1.29 is 4.74 Å². The van der Waals surface area contributed by atoms with Crippen LogP contribution in [0.15, 0.2) is 53.0 Å². The molecule has 94 valence electrons. The van der Waals surface area contributed by atoms with Crippen LogP contribution in [0.3, 0.4) is 0 Å². The summed E-state index contributed by atoms with van der Waals surface area (Å²) in [7, 11) is 4.03. The smallest absolute Gasteiger partial charge is 0.121 e. The van der Waals surface area contributed by atoms with Gasteiger partial charge in [0, 0.05) is 24.6 Å². The zero-order valence-corrected chi connectivity index (χ0v) is 12.1. The summed E-state index contributed by atoms with van der Waals surface area (Å²) < 4.78 is 6.86. The predicted octanol–water partition coefficient (Wildman–Crippen LogP) is 4.09. The molecule has 0 N–H and O–H groups in total. The molecule has 0 spiro atoms. The van der Waals surface area contributed by atoms with Gasteiger partial charge in [-0.2, -0.15) is 0 Å². The molecule has 0 atom stereocenters. The van der Waals surface area contributed by atoms with Crippen molar-refractivity contribution in [3.63, 3.8) is 0 Å². The van der Waals surface area contributed by atoms with E-state index in [0.717, 1.165) is 15.9 Å². The first-order valence-corrected chi connectivity index (χ1v) is 6.60. The van der Waals surface area contributed by atoms with Gasteiger partial charge in [-0.05, 0) is 33.6 Å². The predicted molar refractivity (Wildman–Crippen MR) is 79.2 cm³/mol. The van der Waals surface area contributed by atoms with E-state index in [-0.39, 0.29) is 0 Å². The Labute approximate surface area is 116 Å². The van der Waals surface area contributed by atoms with E-state index in [2.05, 4.69) is 33.0 Å². The van der Waals surface area contributed by atoms with Gasteiger partial charge in [0.05, 0.1) is 5.69 Å². The van der Waals surface area contributed by atoms with Gasteiger partial charge in [-0.25, -0.2) is 0 Å². The van der Waals surface area contributed by atoms with Gasteiger partial charge in [-0.1, -0.05) is 30.3 Å². The van der Waals surface area contributed by atoms with Crippen LogP contribution in [-0.2, 0) is 6.61 Å². The number of hydrogen-bond acceptors (Lipinski definition) is 2. The highest BCUT2D eigenvalue weighted by Gasteiger charge is 2.04. The van der Waals surface area contributed by atoms with Crippen molar-refractivity contribution >= 4 is 21.6 Å². The van der Waals surface area contributed by atoms with Crippen molar-refractivity contribution in [3.05, 3.63) is 58.6 Å². The first-order chi connectivity index (χ1) is 8.66. The summed E-state index contributed by atoms with van der Waals surface area (Å²) >= 11 is 3.53. The average Bonchev–Trinajstić information content (AvgIpc) is 2.38. The first kappa shape index (κ1) is 13.0. The third kappa shape index (κ3) is 3.26. The summed E-state index contributed by atoms with van der Waals surface area (Å²) in [5, 5.41) is 0. The SMILES string of the molecule is CN(C)c1cc(OCc2ccccc2)ccc1Br. The lowest BCUT2D eigenvalue weighted by atomic mass is 10.2. The normalized spacial score (nSPS) is 10.2. The molecule has 18 heavy (non-hydrogen) atoms. The molecule has 0 aromatic heterocycles. The van der Waals surface area contributed by atoms with E-state index in [1.54, 1.807) is 0 Å². The van der Waals surface area contributed by atoms with Gasteiger partial charge < -0.3 is 9.64 Å². The van der Waals surface area contributed by atoms with Gasteiger partial charge in [-0.3, -0.25) is 0 Å². The Bertz CT molecular complexity index is 511. The van der Waals surface area contributed by atoms with Crippen molar-refractivity contribution in [1.82, 2.24) is 0 Å². The Morgan fingerprint density at radius 1 is 1.06 bits per heavy atom. The quantitative estimate of drug-likeness (QED) is 0.843. The monoisotopic (exact) mass is 305 g/mol. The fraction of sp³-hybridized carbons (Fsp3) is 0.200. The van der Waals surface area contributed by atoms with Crippen LogP contribution < -0.4 is 9.64 Å². The number of halogens is 1. The maximum Gasteiger partial charge on any atom is 0.121 e. The standard InChI is InChI=1S/C15H16BrNO/c1-17(2)15-10-13(8-9-14(15)16)18-11-12-6-4-3-5-7-12/h3-10H,11H2,1-2H3. The number of benzene rings is 2. The van der Waals surface area contributed by atoms with E-state index < -0.39 is 0 Å². The lowest BCUT2D eigenvalue weighted by molar-refractivity contribution is 0.306. The Balaban J connectivity index is 2.08. The van der Waals surface area contributed by atoms with E-state index in [0.29, 0.717) is 6.61 Å². The minimum absolute atomic E-state index is 0.593. The van der Waals surface area contributed by atoms with Gasteiger partial charge in [0.2, 0.25) is 0 Å². The molecule has 0 aliphatic heterocycles. The Kier molecular flexibility index (Phi) is 4.26. The van der Waals surface area contributed by atoms with E-state index in [4.69, 9.17) is 4.74 Å². The molecule has 2 aromatic rings. The summed E-state index contributed by atoms with van der Waals surface area (Å²) in [5.41, 5.74) is 2.28. The van der Waals surface area contributed by atoms with Gasteiger partial charge in [-0.15, -0.1) is 0 Å². The van der Waals surface area contributed by atoms with Crippen LogP contribution >= 0.6 is 15.9 Å². The topological polar surface area (TPSA) is 12.5 Å². The van der Waals surface area contributed by atoms with Crippen LogP contribution in [0.25, 0.3) is 0 Å². The number of hydrogen-bond donors (Lipinski definition) is 0. The molecule has 0 bridgehead atoms. The van der Waals surface area contributed by atoms with Gasteiger partial charge in [0.25, 0.3) is 0 Å². The molecule has 0 fully saturated rings. The number of nitrogens with zero attached hydrogens (tertiary/aromatic N) is 1. The Hall–Kier alpha value is -1.48. The highest BCUT2D eigenvalue weighted by Crippen LogP contribution is 2.29. The number of ether oxygens (including phenoxy) is 1. The second-order valence-electron chi connectivity index (χ2n) is 4.28. The van der Waals surface area contributed by atoms with Crippen LogP contribution in [0, 0.1) is 0 Å². The van der Waals surface area contributed by atoms with Crippen molar-refractivity contribution in [2.45, 2.75) is 6.61 Å².